The molecular weight excluding hydrogens is 471 g/mol. The number of nitrogens with one attached hydrogen (secondary N) is 1. The lowest BCUT2D eigenvalue weighted by Gasteiger charge is -2.33. The molecule has 0 fully saturated rings. The summed E-state index contributed by atoms with van der Waals surface area (Å²) in [6.07, 6.45) is 4.39. The van der Waals surface area contributed by atoms with E-state index in [9.17, 15) is 9.18 Å². The first kappa shape index (κ1) is 24.4. The Morgan fingerprint density at radius 2 is 2.06 bits per heavy atom. The van der Waals surface area contributed by atoms with E-state index in [2.05, 4.69) is 31.1 Å². The normalized spacial score (nSPS) is 15.9. The highest BCUT2D eigenvalue weighted by atomic mass is 35.5. The Morgan fingerprint density at radius 1 is 1.26 bits per heavy atom. The fraction of sp³-hybridized carbons (Fsp3) is 0.333. The van der Waals surface area contributed by atoms with Gasteiger partial charge < -0.3 is 10.1 Å². The number of nitrogens with zero attached hydrogens (tertiary/aromatic N) is 1. The largest absolute Gasteiger partial charge is 0.495 e. The quantitative estimate of drug-likeness (QED) is 0.366. The first-order valence-electron chi connectivity index (χ1n) is 11.2. The highest BCUT2D eigenvalue weighted by Crippen LogP contribution is 2.45. The minimum absolute atomic E-state index is 0.189. The Balaban J connectivity index is 1.70. The number of methoxy groups -OCH3 is 1. The van der Waals surface area contributed by atoms with Gasteiger partial charge in [-0.25, -0.2) is 9.38 Å². The molecule has 2 aromatic carbocycles. The molecule has 1 N–H and O–H groups in total. The predicted molar refractivity (Wildman–Crippen MR) is 139 cm³/mol. The number of fused-ring (bicyclic) bond motifs is 1. The van der Waals surface area contributed by atoms with Crippen LogP contribution in [0, 0.1) is 17.2 Å². The van der Waals surface area contributed by atoms with Gasteiger partial charge in [-0.1, -0.05) is 44.5 Å². The number of aliphatic imine (C=N–C) groups is 1. The number of benzene rings is 2. The summed E-state index contributed by atoms with van der Waals surface area (Å²) >= 11 is 7.80. The van der Waals surface area contributed by atoms with Crippen molar-refractivity contribution in [2.24, 2.45) is 16.3 Å². The minimum Gasteiger partial charge on any atom is -0.495 e. The van der Waals surface area contributed by atoms with Crippen LogP contribution in [-0.4, -0.2) is 19.2 Å². The number of thiophene rings is 1. The van der Waals surface area contributed by atoms with Crippen molar-refractivity contribution in [3.05, 3.63) is 74.9 Å². The Bertz CT molecular complexity index is 1250. The van der Waals surface area contributed by atoms with Gasteiger partial charge in [0.2, 0.25) is 0 Å². The van der Waals surface area contributed by atoms with Gasteiger partial charge in [-0.2, -0.15) is 0 Å². The standard InChI is InChI=1S/C27H28ClFN2O2S/c1-27(2,3)17-8-10-20-23(13-17)34-26(30-15-16-6-5-7-18(29)12-16)24(20)25(32)31-19-9-11-22(33-4)21(28)14-19/h5-7,9,11-12,14-15,17H,8,10,13H2,1-4H3,(H,31,32)/b30-15+. The summed E-state index contributed by atoms with van der Waals surface area (Å²) in [6, 6.07) is 11.4. The minimum atomic E-state index is -0.322. The van der Waals surface area contributed by atoms with E-state index in [-0.39, 0.29) is 17.1 Å². The molecular formula is C27H28ClFN2O2S. The van der Waals surface area contributed by atoms with Crippen LogP contribution in [0.15, 0.2) is 47.5 Å². The highest BCUT2D eigenvalue weighted by molar-refractivity contribution is 7.16. The van der Waals surface area contributed by atoms with E-state index in [1.807, 2.05) is 0 Å². The van der Waals surface area contributed by atoms with Crippen LogP contribution in [0.5, 0.6) is 5.75 Å². The summed E-state index contributed by atoms with van der Waals surface area (Å²) in [5, 5.41) is 4.03. The second kappa shape index (κ2) is 9.88. The molecule has 0 aliphatic heterocycles. The Labute approximate surface area is 208 Å². The third-order valence-corrected chi connectivity index (χ3v) is 7.75. The summed E-state index contributed by atoms with van der Waals surface area (Å²) in [5.74, 6) is 0.535. The zero-order chi connectivity index (χ0) is 24.5. The number of halogens is 2. The molecule has 178 valence electrons. The number of hydrogen-bond donors (Lipinski definition) is 1. The van der Waals surface area contributed by atoms with E-state index < -0.39 is 0 Å². The second-order valence-electron chi connectivity index (χ2n) is 9.61. The Hall–Kier alpha value is -2.70. The lowest BCUT2D eigenvalue weighted by atomic mass is 9.72. The lowest BCUT2D eigenvalue weighted by molar-refractivity contribution is 0.102. The second-order valence-corrected chi connectivity index (χ2v) is 11.1. The van der Waals surface area contributed by atoms with E-state index in [0.29, 0.717) is 38.5 Å². The van der Waals surface area contributed by atoms with Gasteiger partial charge in [-0.3, -0.25) is 4.79 Å². The number of anilines is 1. The molecule has 4 rings (SSSR count). The fourth-order valence-corrected chi connectivity index (χ4v) is 5.82. The van der Waals surface area contributed by atoms with Crippen LogP contribution in [0.1, 0.15) is 53.6 Å². The average molecular weight is 499 g/mol. The number of amides is 1. The summed E-state index contributed by atoms with van der Waals surface area (Å²) in [7, 11) is 1.55. The Morgan fingerprint density at radius 3 is 2.74 bits per heavy atom. The Kier molecular flexibility index (Phi) is 7.10. The lowest BCUT2D eigenvalue weighted by Crippen LogP contribution is -2.27. The number of carbonyl (C=O) groups is 1. The maximum atomic E-state index is 13.6. The smallest absolute Gasteiger partial charge is 0.259 e. The molecule has 4 nitrogen and oxygen atoms in total. The molecule has 1 heterocycles. The van der Waals surface area contributed by atoms with Gasteiger partial charge >= 0.3 is 0 Å². The van der Waals surface area contributed by atoms with Crippen molar-refractivity contribution in [1.29, 1.82) is 0 Å². The van der Waals surface area contributed by atoms with E-state index in [0.717, 1.165) is 24.8 Å². The van der Waals surface area contributed by atoms with Crippen LogP contribution in [0.2, 0.25) is 5.02 Å². The first-order chi connectivity index (χ1) is 16.2. The topological polar surface area (TPSA) is 50.7 Å². The third kappa shape index (κ3) is 5.34. The molecule has 1 aliphatic rings. The number of rotatable bonds is 5. The summed E-state index contributed by atoms with van der Waals surface area (Å²) in [6.45, 7) is 6.79. The van der Waals surface area contributed by atoms with Gasteiger partial charge in [0, 0.05) is 16.8 Å². The van der Waals surface area contributed by atoms with Gasteiger partial charge in [0.15, 0.2) is 0 Å². The van der Waals surface area contributed by atoms with E-state index in [1.165, 1.54) is 17.0 Å². The maximum Gasteiger partial charge on any atom is 0.259 e. The fourth-order valence-electron chi connectivity index (χ4n) is 4.29. The molecule has 1 amide bonds. The SMILES string of the molecule is COc1ccc(NC(=O)c2c(/N=C/c3cccc(F)c3)sc3c2CCC(C(C)(C)C)C3)cc1Cl. The molecule has 1 aromatic heterocycles. The molecule has 0 saturated carbocycles. The van der Waals surface area contributed by atoms with Crippen molar-refractivity contribution in [3.63, 3.8) is 0 Å². The van der Waals surface area contributed by atoms with Crippen LogP contribution >= 0.6 is 22.9 Å². The number of ether oxygens (including phenoxy) is 1. The van der Waals surface area contributed by atoms with Crippen molar-refractivity contribution < 1.29 is 13.9 Å². The van der Waals surface area contributed by atoms with E-state index >= 15 is 0 Å². The zero-order valence-corrected chi connectivity index (χ0v) is 21.3. The van der Waals surface area contributed by atoms with Gasteiger partial charge in [0.05, 0.1) is 17.7 Å². The first-order valence-corrected chi connectivity index (χ1v) is 12.4. The molecule has 0 radical (unpaired) electrons. The van der Waals surface area contributed by atoms with Crippen molar-refractivity contribution in [1.82, 2.24) is 0 Å². The molecule has 1 atom stereocenters. The molecule has 3 aromatic rings. The molecule has 1 aliphatic carbocycles. The van der Waals surface area contributed by atoms with Crippen molar-refractivity contribution in [2.45, 2.75) is 40.0 Å². The van der Waals surface area contributed by atoms with Gasteiger partial charge in [-0.05, 0) is 72.1 Å². The third-order valence-electron chi connectivity index (χ3n) is 6.29. The zero-order valence-electron chi connectivity index (χ0n) is 19.7. The predicted octanol–water partition coefficient (Wildman–Crippen LogP) is 7.70. The van der Waals surface area contributed by atoms with Gasteiger partial charge in [0.25, 0.3) is 5.91 Å². The van der Waals surface area contributed by atoms with Gasteiger partial charge in [-0.15, -0.1) is 11.3 Å². The van der Waals surface area contributed by atoms with Crippen LogP contribution in [0.3, 0.4) is 0 Å². The molecule has 34 heavy (non-hydrogen) atoms. The van der Waals surface area contributed by atoms with E-state index in [1.54, 1.807) is 55.0 Å². The van der Waals surface area contributed by atoms with E-state index in [4.69, 9.17) is 16.3 Å². The summed E-state index contributed by atoms with van der Waals surface area (Å²) < 4.78 is 18.8. The van der Waals surface area contributed by atoms with Crippen molar-refractivity contribution in [2.75, 3.05) is 12.4 Å². The summed E-state index contributed by atoms with van der Waals surface area (Å²) in [5.41, 5.74) is 3.07. The van der Waals surface area contributed by atoms with Crippen LogP contribution in [-0.2, 0) is 12.8 Å². The molecule has 1 unspecified atom stereocenters. The molecule has 0 saturated heterocycles. The highest BCUT2D eigenvalue weighted by Gasteiger charge is 2.33. The number of hydrogen-bond acceptors (Lipinski definition) is 4. The average Bonchev–Trinajstić information content (AvgIpc) is 3.15. The van der Waals surface area contributed by atoms with Gasteiger partial charge in [0.1, 0.15) is 16.6 Å². The molecule has 0 spiro atoms. The molecule has 7 heteroatoms. The van der Waals surface area contributed by atoms with Crippen LogP contribution in [0.25, 0.3) is 0 Å². The van der Waals surface area contributed by atoms with Crippen molar-refractivity contribution >= 4 is 45.7 Å². The summed E-state index contributed by atoms with van der Waals surface area (Å²) in [4.78, 5) is 19.3. The molecule has 0 bridgehead atoms. The van der Waals surface area contributed by atoms with Crippen molar-refractivity contribution in [3.8, 4) is 5.75 Å². The van der Waals surface area contributed by atoms with Crippen LogP contribution < -0.4 is 10.1 Å². The monoisotopic (exact) mass is 498 g/mol. The number of carbonyl (C=O) groups excluding carboxylic acids is 1. The maximum absolute atomic E-state index is 13.6. The van der Waals surface area contributed by atoms with Crippen LogP contribution in [0.4, 0.5) is 15.1 Å².